The minimum atomic E-state index is -0.502. The molecule has 0 saturated carbocycles. The maximum atomic E-state index is 14.1. The third-order valence-electron chi connectivity index (χ3n) is 3.22. The van der Waals surface area contributed by atoms with Crippen LogP contribution in [0.3, 0.4) is 0 Å². The Morgan fingerprint density at radius 2 is 1.62 bits per heavy atom. The SMILES string of the molecule is CC(C)CNCc1cc(F)c(N(C)CCN(C)C)c(F)c1. The molecule has 0 atom stereocenters. The van der Waals surface area contributed by atoms with Crippen molar-refractivity contribution in [2.45, 2.75) is 20.4 Å². The molecule has 0 spiro atoms. The molecule has 0 aliphatic rings. The smallest absolute Gasteiger partial charge is 0.149 e. The Balaban J connectivity index is 2.75. The van der Waals surface area contributed by atoms with Crippen molar-refractivity contribution in [3.8, 4) is 0 Å². The van der Waals surface area contributed by atoms with Gasteiger partial charge in [0, 0.05) is 26.7 Å². The summed E-state index contributed by atoms with van der Waals surface area (Å²) in [6, 6.07) is 2.83. The topological polar surface area (TPSA) is 18.5 Å². The van der Waals surface area contributed by atoms with Crippen LogP contribution in [0.15, 0.2) is 12.1 Å². The van der Waals surface area contributed by atoms with E-state index in [0.29, 0.717) is 24.6 Å². The maximum absolute atomic E-state index is 14.1. The molecule has 0 aliphatic heterocycles. The molecular formula is C16H27F2N3. The zero-order valence-electron chi connectivity index (χ0n) is 13.7. The van der Waals surface area contributed by atoms with Crippen molar-refractivity contribution >= 4 is 5.69 Å². The van der Waals surface area contributed by atoms with Gasteiger partial charge in [0.2, 0.25) is 0 Å². The van der Waals surface area contributed by atoms with Crippen LogP contribution >= 0.6 is 0 Å². The molecule has 0 saturated heterocycles. The van der Waals surface area contributed by atoms with Gasteiger partial charge in [-0.2, -0.15) is 0 Å². The lowest BCUT2D eigenvalue weighted by Gasteiger charge is -2.23. The number of nitrogens with one attached hydrogen (secondary N) is 1. The summed E-state index contributed by atoms with van der Waals surface area (Å²) >= 11 is 0. The van der Waals surface area contributed by atoms with Crippen LogP contribution in [-0.4, -0.2) is 45.7 Å². The van der Waals surface area contributed by atoms with Gasteiger partial charge in [-0.05, 0) is 44.3 Å². The van der Waals surface area contributed by atoms with Crippen molar-refractivity contribution in [2.24, 2.45) is 5.92 Å². The zero-order valence-corrected chi connectivity index (χ0v) is 13.7. The fraction of sp³-hybridized carbons (Fsp3) is 0.625. The Hall–Kier alpha value is -1.20. The second-order valence-corrected chi connectivity index (χ2v) is 6.16. The number of benzene rings is 1. The molecule has 0 aliphatic carbocycles. The van der Waals surface area contributed by atoms with Crippen LogP contribution in [-0.2, 0) is 6.54 Å². The van der Waals surface area contributed by atoms with Gasteiger partial charge < -0.3 is 15.1 Å². The van der Waals surface area contributed by atoms with Crippen molar-refractivity contribution in [1.82, 2.24) is 10.2 Å². The summed E-state index contributed by atoms with van der Waals surface area (Å²) in [5, 5.41) is 3.19. The molecule has 3 nitrogen and oxygen atoms in total. The first-order valence-corrected chi connectivity index (χ1v) is 7.35. The summed E-state index contributed by atoms with van der Waals surface area (Å²) in [5.41, 5.74) is 0.680. The molecule has 0 fully saturated rings. The lowest BCUT2D eigenvalue weighted by molar-refractivity contribution is 0.414. The summed E-state index contributed by atoms with van der Waals surface area (Å²) in [5.74, 6) is -0.494. The highest BCUT2D eigenvalue weighted by Crippen LogP contribution is 2.24. The fourth-order valence-corrected chi connectivity index (χ4v) is 2.05. The summed E-state index contributed by atoms with van der Waals surface area (Å²) in [6.45, 7) is 6.81. The van der Waals surface area contributed by atoms with E-state index in [0.717, 1.165) is 13.1 Å². The van der Waals surface area contributed by atoms with Gasteiger partial charge in [0.25, 0.3) is 0 Å². The van der Waals surface area contributed by atoms with Crippen molar-refractivity contribution in [1.29, 1.82) is 0 Å². The first kappa shape index (κ1) is 17.9. The third-order valence-corrected chi connectivity index (χ3v) is 3.22. The van der Waals surface area contributed by atoms with Crippen LogP contribution in [0.5, 0.6) is 0 Å². The molecule has 1 rings (SSSR count). The highest BCUT2D eigenvalue weighted by molar-refractivity contribution is 5.50. The van der Waals surface area contributed by atoms with E-state index in [1.807, 2.05) is 19.0 Å². The molecule has 0 heterocycles. The predicted molar refractivity (Wildman–Crippen MR) is 84.7 cm³/mol. The van der Waals surface area contributed by atoms with E-state index < -0.39 is 11.6 Å². The molecule has 0 aromatic heterocycles. The van der Waals surface area contributed by atoms with Crippen LogP contribution in [0.25, 0.3) is 0 Å². The number of nitrogens with zero attached hydrogens (tertiary/aromatic N) is 2. The van der Waals surface area contributed by atoms with E-state index in [1.54, 1.807) is 11.9 Å². The van der Waals surface area contributed by atoms with E-state index in [2.05, 4.69) is 19.2 Å². The summed E-state index contributed by atoms with van der Waals surface area (Å²) in [7, 11) is 5.58. The first-order valence-electron chi connectivity index (χ1n) is 7.35. The number of hydrogen-bond donors (Lipinski definition) is 1. The fourth-order valence-electron chi connectivity index (χ4n) is 2.05. The van der Waals surface area contributed by atoms with E-state index in [1.165, 1.54) is 12.1 Å². The Morgan fingerprint density at radius 1 is 1.05 bits per heavy atom. The quantitative estimate of drug-likeness (QED) is 0.796. The molecule has 5 heteroatoms. The molecule has 1 aromatic carbocycles. The monoisotopic (exact) mass is 299 g/mol. The maximum Gasteiger partial charge on any atom is 0.149 e. The van der Waals surface area contributed by atoms with Crippen molar-refractivity contribution in [3.63, 3.8) is 0 Å². The van der Waals surface area contributed by atoms with E-state index in [-0.39, 0.29) is 5.69 Å². The van der Waals surface area contributed by atoms with E-state index in [9.17, 15) is 8.78 Å². The second kappa shape index (κ2) is 8.29. The minimum absolute atomic E-state index is 0.0458. The van der Waals surface area contributed by atoms with Gasteiger partial charge in [-0.25, -0.2) is 8.78 Å². The summed E-state index contributed by atoms with van der Waals surface area (Å²) in [6.07, 6.45) is 0. The van der Waals surface area contributed by atoms with Crippen LogP contribution < -0.4 is 10.2 Å². The highest BCUT2D eigenvalue weighted by atomic mass is 19.1. The van der Waals surface area contributed by atoms with Gasteiger partial charge in [0.15, 0.2) is 0 Å². The van der Waals surface area contributed by atoms with Gasteiger partial charge >= 0.3 is 0 Å². The molecule has 0 bridgehead atoms. The second-order valence-electron chi connectivity index (χ2n) is 6.16. The van der Waals surface area contributed by atoms with Gasteiger partial charge in [0.05, 0.1) is 0 Å². The number of likely N-dealkylation sites (N-methyl/N-ethyl adjacent to an activating group) is 2. The molecular weight excluding hydrogens is 272 g/mol. The predicted octanol–water partition coefficient (Wildman–Crippen LogP) is 2.71. The average molecular weight is 299 g/mol. The lowest BCUT2D eigenvalue weighted by atomic mass is 10.1. The van der Waals surface area contributed by atoms with Crippen LogP contribution in [0, 0.1) is 17.6 Å². The minimum Gasteiger partial charge on any atom is -0.369 e. The number of rotatable bonds is 8. The Morgan fingerprint density at radius 3 is 2.10 bits per heavy atom. The van der Waals surface area contributed by atoms with E-state index in [4.69, 9.17) is 0 Å². The molecule has 120 valence electrons. The summed E-state index contributed by atoms with van der Waals surface area (Å²) in [4.78, 5) is 3.60. The van der Waals surface area contributed by atoms with Crippen molar-refractivity contribution in [3.05, 3.63) is 29.3 Å². The van der Waals surface area contributed by atoms with Gasteiger partial charge in [0.1, 0.15) is 17.3 Å². The molecule has 21 heavy (non-hydrogen) atoms. The molecule has 0 radical (unpaired) electrons. The average Bonchev–Trinajstić information content (AvgIpc) is 2.35. The highest BCUT2D eigenvalue weighted by Gasteiger charge is 2.15. The zero-order chi connectivity index (χ0) is 16.0. The third kappa shape index (κ3) is 5.98. The largest absolute Gasteiger partial charge is 0.369 e. The molecule has 1 aromatic rings. The van der Waals surface area contributed by atoms with Crippen LogP contribution in [0.1, 0.15) is 19.4 Å². The molecule has 0 amide bonds. The molecule has 0 unspecified atom stereocenters. The lowest BCUT2D eigenvalue weighted by Crippen LogP contribution is -2.29. The normalized spacial score (nSPS) is 11.5. The Bertz CT molecular complexity index is 424. The van der Waals surface area contributed by atoms with Gasteiger partial charge in [-0.15, -0.1) is 0 Å². The number of hydrogen-bond acceptors (Lipinski definition) is 3. The Kier molecular flexibility index (Phi) is 7.05. The van der Waals surface area contributed by atoms with Gasteiger partial charge in [-0.3, -0.25) is 0 Å². The number of halogens is 2. The van der Waals surface area contributed by atoms with Gasteiger partial charge in [-0.1, -0.05) is 13.8 Å². The van der Waals surface area contributed by atoms with E-state index >= 15 is 0 Å². The Labute approximate surface area is 126 Å². The van der Waals surface area contributed by atoms with Crippen LogP contribution in [0.2, 0.25) is 0 Å². The van der Waals surface area contributed by atoms with Crippen molar-refractivity contribution < 1.29 is 8.78 Å². The van der Waals surface area contributed by atoms with Crippen molar-refractivity contribution in [2.75, 3.05) is 45.7 Å². The standard InChI is InChI=1S/C16H27F2N3/c1-12(2)10-19-11-13-8-14(17)16(15(18)9-13)21(5)7-6-20(3)4/h8-9,12,19H,6-7,10-11H2,1-5H3. The molecule has 1 N–H and O–H groups in total. The first-order chi connectivity index (χ1) is 9.81. The van der Waals surface area contributed by atoms with Crippen LogP contribution in [0.4, 0.5) is 14.5 Å². The number of anilines is 1. The summed E-state index contributed by atoms with van der Waals surface area (Å²) < 4.78 is 28.3.